The highest BCUT2D eigenvalue weighted by atomic mass is 79.9. The van der Waals surface area contributed by atoms with E-state index >= 15 is 0 Å². The molecule has 21 heavy (non-hydrogen) atoms. The lowest BCUT2D eigenvalue weighted by atomic mass is 10.2. The van der Waals surface area contributed by atoms with Crippen LogP contribution in [0.3, 0.4) is 0 Å². The molecule has 0 spiro atoms. The van der Waals surface area contributed by atoms with Crippen LogP contribution in [0.1, 0.15) is 25.1 Å². The van der Waals surface area contributed by atoms with Crippen molar-refractivity contribution in [3.63, 3.8) is 0 Å². The normalized spacial score (nSPS) is 14.5. The van der Waals surface area contributed by atoms with E-state index in [1.54, 1.807) is 11.8 Å². The maximum absolute atomic E-state index is 4.34. The highest BCUT2D eigenvalue weighted by Crippen LogP contribution is 2.21. The predicted octanol–water partition coefficient (Wildman–Crippen LogP) is 3.97. The van der Waals surface area contributed by atoms with Crippen LogP contribution in [0.15, 0.2) is 33.9 Å². The second kappa shape index (κ2) is 7.31. The molecule has 0 saturated carbocycles. The lowest BCUT2D eigenvalue weighted by Crippen LogP contribution is -2.06. The molecule has 1 aromatic heterocycles. The molecule has 6 heteroatoms. The van der Waals surface area contributed by atoms with Crippen molar-refractivity contribution in [2.45, 2.75) is 37.4 Å². The quantitative estimate of drug-likeness (QED) is 0.642. The minimum Gasteiger partial charge on any atom is -0.384 e. The summed E-state index contributed by atoms with van der Waals surface area (Å²) >= 11 is 5.24. The number of aromatic nitrogens is 3. The first-order valence-electron chi connectivity index (χ1n) is 7.37. The van der Waals surface area contributed by atoms with Gasteiger partial charge in [0.1, 0.15) is 5.82 Å². The minimum atomic E-state index is 0.925. The van der Waals surface area contributed by atoms with Crippen molar-refractivity contribution in [3.05, 3.63) is 34.6 Å². The summed E-state index contributed by atoms with van der Waals surface area (Å²) in [6.07, 6.45) is 4.87. The van der Waals surface area contributed by atoms with Crippen molar-refractivity contribution < 1.29 is 0 Å². The number of nitrogens with one attached hydrogen (secondary N) is 1. The van der Waals surface area contributed by atoms with Crippen LogP contribution in [0.25, 0.3) is 0 Å². The van der Waals surface area contributed by atoms with Gasteiger partial charge in [0.2, 0.25) is 0 Å². The third-order valence-corrected chi connectivity index (χ3v) is 5.08. The van der Waals surface area contributed by atoms with Crippen LogP contribution in [0.4, 0.5) is 5.69 Å². The molecule has 1 N–H and O–H groups in total. The predicted molar refractivity (Wildman–Crippen MR) is 90.9 cm³/mol. The van der Waals surface area contributed by atoms with Gasteiger partial charge in [-0.3, -0.25) is 0 Å². The Labute approximate surface area is 137 Å². The molecule has 2 aromatic rings. The highest BCUT2D eigenvalue weighted by molar-refractivity contribution is 9.10. The molecule has 0 saturated heterocycles. The molecule has 1 aliphatic rings. The van der Waals surface area contributed by atoms with Gasteiger partial charge in [-0.1, -0.05) is 34.1 Å². The van der Waals surface area contributed by atoms with E-state index in [2.05, 4.69) is 48.1 Å². The molecule has 2 heterocycles. The third-order valence-electron chi connectivity index (χ3n) is 3.58. The number of hydrogen-bond acceptors (Lipinski definition) is 4. The van der Waals surface area contributed by atoms with Gasteiger partial charge in [-0.25, -0.2) is 0 Å². The monoisotopic (exact) mass is 366 g/mol. The fraction of sp³-hybridized carbons (Fsp3) is 0.467. The van der Waals surface area contributed by atoms with Crippen LogP contribution in [0, 0.1) is 0 Å². The van der Waals surface area contributed by atoms with E-state index < -0.39 is 0 Å². The van der Waals surface area contributed by atoms with Crippen LogP contribution in [-0.2, 0) is 13.0 Å². The summed E-state index contributed by atoms with van der Waals surface area (Å²) in [6.45, 7) is 2.00. The lowest BCUT2D eigenvalue weighted by molar-refractivity contribution is 0.591. The smallest absolute Gasteiger partial charge is 0.191 e. The number of thioether (sulfide) groups is 1. The zero-order valence-corrected chi connectivity index (χ0v) is 14.3. The van der Waals surface area contributed by atoms with Gasteiger partial charge in [0.15, 0.2) is 5.16 Å². The number of anilines is 1. The van der Waals surface area contributed by atoms with Gasteiger partial charge in [-0.2, -0.15) is 0 Å². The Kier molecular flexibility index (Phi) is 5.19. The van der Waals surface area contributed by atoms with Crippen LogP contribution < -0.4 is 5.32 Å². The summed E-state index contributed by atoms with van der Waals surface area (Å²) in [5.74, 6) is 2.16. The average Bonchev–Trinajstić information content (AvgIpc) is 2.73. The number of benzene rings is 1. The van der Waals surface area contributed by atoms with Gasteiger partial charge in [0.25, 0.3) is 0 Å². The summed E-state index contributed by atoms with van der Waals surface area (Å²) < 4.78 is 3.41. The van der Waals surface area contributed by atoms with E-state index in [-0.39, 0.29) is 0 Å². The second-order valence-corrected chi connectivity index (χ2v) is 7.12. The van der Waals surface area contributed by atoms with Gasteiger partial charge in [-0.15, -0.1) is 10.2 Å². The number of rotatable bonds is 5. The molecule has 0 bridgehead atoms. The molecule has 3 rings (SSSR count). The van der Waals surface area contributed by atoms with Gasteiger partial charge in [0, 0.05) is 35.4 Å². The van der Waals surface area contributed by atoms with Crippen LogP contribution in [0.2, 0.25) is 0 Å². The molecule has 112 valence electrons. The number of aryl methyl sites for hydroxylation is 1. The van der Waals surface area contributed by atoms with Crippen molar-refractivity contribution in [1.29, 1.82) is 0 Å². The molecule has 0 radical (unpaired) electrons. The second-order valence-electron chi connectivity index (χ2n) is 5.14. The zero-order chi connectivity index (χ0) is 14.5. The van der Waals surface area contributed by atoms with Gasteiger partial charge < -0.3 is 9.88 Å². The Morgan fingerprint density at radius 1 is 1.14 bits per heavy atom. The van der Waals surface area contributed by atoms with Gasteiger partial charge in [0.05, 0.1) is 0 Å². The summed E-state index contributed by atoms with van der Waals surface area (Å²) in [6, 6.07) is 8.26. The number of fused-ring (bicyclic) bond motifs is 1. The summed E-state index contributed by atoms with van der Waals surface area (Å²) in [5.41, 5.74) is 1.15. The molecular formula is C15H19BrN4S. The first-order valence-corrected chi connectivity index (χ1v) is 9.15. The van der Waals surface area contributed by atoms with Crippen molar-refractivity contribution in [1.82, 2.24) is 14.8 Å². The van der Waals surface area contributed by atoms with Gasteiger partial charge in [-0.05, 0) is 37.1 Å². The van der Waals surface area contributed by atoms with E-state index in [9.17, 15) is 0 Å². The molecule has 0 amide bonds. The van der Waals surface area contributed by atoms with Crippen LogP contribution in [0.5, 0.6) is 0 Å². The molecule has 0 aliphatic carbocycles. The highest BCUT2D eigenvalue weighted by Gasteiger charge is 2.14. The molecule has 4 nitrogen and oxygen atoms in total. The minimum absolute atomic E-state index is 0.925. The average molecular weight is 367 g/mol. The van der Waals surface area contributed by atoms with Crippen molar-refractivity contribution >= 4 is 33.4 Å². The van der Waals surface area contributed by atoms with E-state index in [1.807, 2.05) is 12.1 Å². The molecule has 0 fully saturated rings. The SMILES string of the molecule is Brc1ccc(NCCSc2nnc3n2CCCCC3)cc1. The Morgan fingerprint density at radius 3 is 2.86 bits per heavy atom. The fourth-order valence-electron chi connectivity index (χ4n) is 2.47. The maximum Gasteiger partial charge on any atom is 0.191 e. The molecule has 1 aliphatic heterocycles. The first-order chi connectivity index (χ1) is 10.3. The van der Waals surface area contributed by atoms with Crippen molar-refractivity contribution in [2.24, 2.45) is 0 Å². The number of halogens is 1. The zero-order valence-electron chi connectivity index (χ0n) is 11.9. The molecule has 0 atom stereocenters. The molecular weight excluding hydrogens is 348 g/mol. The standard InChI is InChI=1S/C15H19BrN4S/c16-12-5-7-13(8-6-12)17-9-11-21-15-19-18-14-4-2-1-3-10-20(14)15/h5-8,17H,1-4,9-11H2. The van der Waals surface area contributed by atoms with E-state index in [0.717, 1.165) is 46.4 Å². The van der Waals surface area contributed by atoms with E-state index in [4.69, 9.17) is 0 Å². The Morgan fingerprint density at radius 2 is 2.00 bits per heavy atom. The largest absolute Gasteiger partial charge is 0.384 e. The summed E-state index contributed by atoms with van der Waals surface area (Å²) in [4.78, 5) is 0. The summed E-state index contributed by atoms with van der Waals surface area (Å²) in [5, 5.41) is 13.2. The third kappa shape index (κ3) is 4.01. The van der Waals surface area contributed by atoms with Crippen molar-refractivity contribution in [3.8, 4) is 0 Å². The van der Waals surface area contributed by atoms with E-state index in [0.29, 0.717) is 0 Å². The van der Waals surface area contributed by atoms with Crippen LogP contribution in [-0.4, -0.2) is 27.1 Å². The Balaban J connectivity index is 1.49. The lowest BCUT2D eigenvalue weighted by Gasteiger charge is -2.08. The number of hydrogen-bond donors (Lipinski definition) is 1. The maximum atomic E-state index is 4.34. The Hall–Kier alpha value is -1.01. The molecule has 0 unspecified atom stereocenters. The van der Waals surface area contributed by atoms with E-state index in [1.165, 1.54) is 19.3 Å². The van der Waals surface area contributed by atoms with Crippen molar-refractivity contribution in [2.75, 3.05) is 17.6 Å². The topological polar surface area (TPSA) is 42.7 Å². The fourth-order valence-corrected chi connectivity index (χ4v) is 3.57. The Bertz CT molecular complexity index is 582. The number of nitrogens with zero attached hydrogens (tertiary/aromatic N) is 3. The van der Waals surface area contributed by atoms with Crippen LogP contribution >= 0.6 is 27.7 Å². The van der Waals surface area contributed by atoms with Gasteiger partial charge >= 0.3 is 0 Å². The summed E-state index contributed by atoms with van der Waals surface area (Å²) in [7, 11) is 0. The molecule has 1 aromatic carbocycles. The first kappa shape index (κ1) is 14.9.